The van der Waals surface area contributed by atoms with Crippen molar-refractivity contribution in [1.82, 2.24) is 9.80 Å². The van der Waals surface area contributed by atoms with Gasteiger partial charge in [-0.1, -0.05) is 12.1 Å². The van der Waals surface area contributed by atoms with Crippen LogP contribution in [-0.2, 0) is 27.3 Å². The Labute approximate surface area is 272 Å². The summed E-state index contributed by atoms with van der Waals surface area (Å²) in [5.74, 6) is 1.30. The summed E-state index contributed by atoms with van der Waals surface area (Å²) < 4.78 is 33.2. The number of carbonyl (C=O) groups excluding carboxylic acids is 2. The number of esters is 1. The lowest BCUT2D eigenvalue weighted by Crippen LogP contribution is -2.49. The van der Waals surface area contributed by atoms with Gasteiger partial charge in [0.15, 0.2) is 23.5 Å². The molecular weight excluding hydrogens is 608 g/mol. The molecule has 1 aliphatic heterocycles. The topological polar surface area (TPSA) is 137 Å². The number of aromatic hydroxyl groups is 1. The fourth-order valence-electron chi connectivity index (χ4n) is 5.62. The molecule has 0 bridgehead atoms. The summed E-state index contributed by atoms with van der Waals surface area (Å²) in [7, 11) is 4.72. The summed E-state index contributed by atoms with van der Waals surface area (Å²) in [6.45, 7) is 4.76. The summed E-state index contributed by atoms with van der Waals surface area (Å²) in [5.41, 5.74) is 1.71. The predicted octanol–water partition coefficient (Wildman–Crippen LogP) is 4.02. The van der Waals surface area contributed by atoms with Gasteiger partial charge in [-0.05, 0) is 31.2 Å². The van der Waals surface area contributed by atoms with Crippen molar-refractivity contribution in [2.45, 2.75) is 19.9 Å². The van der Waals surface area contributed by atoms with Gasteiger partial charge >= 0.3 is 5.97 Å². The van der Waals surface area contributed by atoms with Crippen molar-refractivity contribution in [3.05, 3.63) is 75.9 Å². The highest BCUT2D eigenvalue weighted by Gasteiger charge is 2.23. The van der Waals surface area contributed by atoms with Crippen LogP contribution in [0.5, 0.6) is 28.7 Å². The van der Waals surface area contributed by atoms with Crippen molar-refractivity contribution in [3.63, 3.8) is 0 Å². The van der Waals surface area contributed by atoms with Gasteiger partial charge in [-0.25, -0.2) is 0 Å². The van der Waals surface area contributed by atoms with Gasteiger partial charge in [-0.2, -0.15) is 0 Å². The molecule has 5 rings (SSSR count). The highest BCUT2D eigenvalue weighted by molar-refractivity contribution is 5.86. The summed E-state index contributed by atoms with van der Waals surface area (Å²) >= 11 is 0. The van der Waals surface area contributed by atoms with Gasteiger partial charge in [0.05, 0.1) is 34.4 Å². The molecule has 47 heavy (non-hydrogen) atoms. The van der Waals surface area contributed by atoms with Gasteiger partial charge in [0.1, 0.15) is 34.0 Å². The van der Waals surface area contributed by atoms with E-state index in [1.165, 1.54) is 25.3 Å². The minimum absolute atomic E-state index is 0.0172. The quantitative estimate of drug-likeness (QED) is 0.224. The first-order valence-electron chi connectivity index (χ1n) is 15.2. The molecule has 0 spiro atoms. The molecule has 1 aliphatic rings. The number of carbonyl (C=O) groups is 2. The Morgan fingerprint density at radius 1 is 0.894 bits per heavy atom. The van der Waals surface area contributed by atoms with E-state index >= 15 is 0 Å². The Balaban J connectivity index is 1.26. The molecule has 1 N–H and O–H groups in total. The van der Waals surface area contributed by atoms with Crippen LogP contribution in [0.15, 0.2) is 63.8 Å². The van der Waals surface area contributed by atoms with Crippen LogP contribution in [-0.4, -0.2) is 87.5 Å². The molecule has 0 radical (unpaired) electrons. The van der Waals surface area contributed by atoms with E-state index in [1.54, 1.807) is 44.2 Å². The number of nitrogens with zero attached hydrogens (tertiary/aromatic N) is 2. The molecule has 1 saturated heterocycles. The maximum absolute atomic E-state index is 13.0. The number of hydrogen-bond donors (Lipinski definition) is 1. The van der Waals surface area contributed by atoms with E-state index in [1.807, 2.05) is 18.2 Å². The molecule has 248 valence electrons. The number of para-hydroxylation sites is 1. The van der Waals surface area contributed by atoms with Crippen LogP contribution in [0.25, 0.3) is 22.3 Å². The fourth-order valence-corrected chi connectivity index (χ4v) is 5.62. The lowest BCUT2D eigenvalue weighted by molar-refractivity contribution is -0.142. The zero-order valence-electron chi connectivity index (χ0n) is 26.9. The molecule has 0 unspecified atom stereocenters. The zero-order chi connectivity index (χ0) is 33.5. The molecule has 1 fully saturated rings. The minimum Gasteiger partial charge on any atom is -0.507 e. The number of phenolic OH excluding ortho intramolecular Hbond substituents is 1. The van der Waals surface area contributed by atoms with Gasteiger partial charge in [-0.15, -0.1) is 0 Å². The Bertz CT molecular complexity index is 1810. The maximum atomic E-state index is 13.0. The first-order chi connectivity index (χ1) is 22.7. The number of fused-ring (bicyclic) bond motifs is 1. The zero-order valence-corrected chi connectivity index (χ0v) is 26.9. The first-order valence-corrected chi connectivity index (χ1v) is 15.2. The largest absolute Gasteiger partial charge is 0.507 e. The van der Waals surface area contributed by atoms with Crippen LogP contribution in [0.4, 0.5) is 0 Å². The lowest BCUT2D eigenvalue weighted by Gasteiger charge is -2.35. The smallest absolute Gasteiger partial charge is 0.310 e. The van der Waals surface area contributed by atoms with E-state index in [0.717, 1.165) is 5.56 Å². The highest BCUT2D eigenvalue weighted by Crippen LogP contribution is 2.34. The first kappa shape index (κ1) is 33.1. The van der Waals surface area contributed by atoms with Gasteiger partial charge in [0, 0.05) is 67.6 Å². The van der Waals surface area contributed by atoms with Crippen molar-refractivity contribution in [2.75, 3.05) is 60.7 Å². The average molecular weight is 647 g/mol. The van der Waals surface area contributed by atoms with Crippen LogP contribution in [0.2, 0.25) is 0 Å². The summed E-state index contributed by atoms with van der Waals surface area (Å²) in [6, 6.07) is 14.9. The molecule has 2 heterocycles. The summed E-state index contributed by atoms with van der Waals surface area (Å²) in [6.07, 6.45) is -0.0263. The van der Waals surface area contributed by atoms with Gasteiger partial charge < -0.3 is 38.1 Å². The third-order valence-corrected chi connectivity index (χ3v) is 7.95. The van der Waals surface area contributed by atoms with Crippen LogP contribution < -0.4 is 24.4 Å². The minimum atomic E-state index is -0.464. The van der Waals surface area contributed by atoms with Crippen molar-refractivity contribution < 1.29 is 42.8 Å². The predicted molar refractivity (Wildman–Crippen MR) is 173 cm³/mol. The van der Waals surface area contributed by atoms with E-state index in [4.69, 9.17) is 28.1 Å². The second kappa shape index (κ2) is 14.9. The van der Waals surface area contributed by atoms with Gasteiger partial charge in [0.25, 0.3) is 5.91 Å². The number of rotatable bonds is 12. The monoisotopic (exact) mass is 646 g/mol. The van der Waals surface area contributed by atoms with E-state index in [2.05, 4.69) is 4.90 Å². The Hall–Kier alpha value is -5.23. The third-order valence-electron chi connectivity index (χ3n) is 7.95. The average Bonchev–Trinajstić information content (AvgIpc) is 3.07. The number of hydrogen-bond acceptors (Lipinski definition) is 11. The highest BCUT2D eigenvalue weighted by atomic mass is 16.5. The van der Waals surface area contributed by atoms with Gasteiger partial charge in [0.2, 0.25) is 0 Å². The number of ether oxygens (including phenoxy) is 5. The van der Waals surface area contributed by atoms with Crippen LogP contribution in [0.1, 0.15) is 18.1 Å². The molecule has 0 atom stereocenters. The number of phenols is 1. The van der Waals surface area contributed by atoms with Crippen LogP contribution in [0.3, 0.4) is 0 Å². The number of methoxy groups -OCH3 is 3. The van der Waals surface area contributed by atoms with E-state index in [0.29, 0.717) is 61.1 Å². The molecule has 12 nitrogen and oxygen atoms in total. The number of benzene rings is 3. The lowest BCUT2D eigenvalue weighted by atomic mass is 10.0. The van der Waals surface area contributed by atoms with E-state index in [-0.39, 0.29) is 53.8 Å². The molecule has 1 aromatic heterocycles. The van der Waals surface area contributed by atoms with E-state index < -0.39 is 11.4 Å². The standard InChI is InChI=1S/C35H38N2O10/c1-5-45-33(41)16-24-15-22(9-10-28(24)42-2)30-19-27(39)34-26(38)17-25(18-31(34)47-30)46-21-32(40)37-13-11-36(12-14-37)20-23-7-6-8-29(43-3)35(23)44-4/h6-10,15,17-19,38H,5,11-14,16,20-21H2,1-4H3. The Morgan fingerprint density at radius 3 is 2.36 bits per heavy atom. The Kier molecular flexibility index (Phi) is 10.5. The van der Waals surface area contributed by atoms with Crippen molar-refractivity contribution in [1.29, 1.82) is 0 Å². The molecule has 3 aromatic carbocycles. The van der Waals surface area contributed by atoms with Crippen LogP contribution in [0, 0.1) is 0 Å². The summed E-state index contributed by atoms with van der Waals surface area (Å²) in [4.78, 5) is 42.2. The second-order valence-corrected chi connectivity index (χ2v) is 10.9. The van der Waals surface area contributed by atoms with Crippen LogP contribution >= 0.6 is 0 Å². The third kappa shape index (κ3) is 7.60. The Morgan fingerprint density at radius 2 is 1.66 bits per heavy atom. The molecule has 4 aromatic rings. The van der Waals surface area contributed by atoms with E-state index in [9.17, 15) is 19.5 Å². The van der Waals surface area contributed by atoms with Gasteiger partial charge in [-0.3, -0.25) is 19.3 Å². The number of amides is 1. The molecule has 0 saturated carbocycles. The fraction of sp³-hybridized carbons (Fsp3) is 0.343. The van der Waals surface area contributed by atoms with Crippen molar-refractivity contribution >= 4 is 22.8 Å². The SMILES string of the molecule is CCOC(=O)Cc1cc(-c2cc(=O)c3c(O)cc(OCC(=O)N4CCN(Cc5cccc(OC)c5OC)CC4)cc3o2)ccc1OC. The maximum Gasteiger partial charge on any atom is 0.310 e. The summed E-state index contributed by atoms with van der Waals surface area (Å²) in [5, 5.41) is 10.6. The number of piperazine rings is 1. The molecule has 12 heteroatoms. The van der Waals surface area contributed by atoms with Crippen molar-refractivity contribution in [2.24, 2.45) is 0 Å². The normalized spacial score (nSPS) is 13.3. The molecular formula is C35H38N2O10. The molecule has 0 aliphatic carbocycles. The van der Waals surface area contributed by atoms with Crippen molar-refractivity contribution in [3.8, 4) is 40.1 Å². The molecule has 1 amide bonds. The second-order valence-electron chi connectivity index (χ2n) is 10.9.